The summed E-state index contributed by atoms with van der Waals surface area (Å²) in [6.45, 7) is 4.85. The molecule has 0 bridgehead atoms. The average molecular weight is 287 g/mol. The molecule has 0 spiro atoms. The van der Waals surface area contributed by atoms with Gasteiger partial charge in [0.2, 0.25) is 0 Å². The molecule has 2 saturated heterocycles. The Morgan fingerprint density at radius 1 is 0.875 bits per heavy atom. The van der Waals surface area contributed by atoms with E-state index in [2.05, 4.69) is 25.2 Å². The monoisotopic (exact) mass is 286 g/mol. The van der Waals surface area contributed by atoms with E-state index >= 15 is 0 Å². The Balaban J connectivity index is 1.95. The fourth-order valence-electron chi connectivity index (χ4n) is 4.26. The van der Waals surface area contributed by atoms with Crippen molar-refractivity contribution in [2.75, 3.05) is 0 Å². The molecule has 0 aromatic rings. The summed E-state index contributed by atoms with van der Waals surface area (Å²) < 4.78 is 12.5. The Morgan fingerprint density at radius 3 is 1.62 bits per heavy atom. The molecule has 2 aliphatic heterocycles. The van der Waals surface area contributed by atoms with Gasteiger partial charge in [-0.05, 0) is 24.2 Å². The predicted molar refractivity (Wildman–Crippen MR) is 79.3 cm³/mol. The summed E-state index contributed by atoms with van der Waals surface area (Å²) in [5, 5.41) is 0. The van der Waals surface area contributed by atoms with E-state index in [1.54, 1.807) is 0 Å². The van der Waals surface area contributed by atoms with Crippen LogP contribution >= 0.6 is 0 Å². The molecule has 0 aromatic carbocycles. The van der Waals surface area contributed by atoms with Gasteiger partial charge in [-0.25, -0.2) is 0 Å². The first-order valence-corrected chi connectivity index (χ1v) is 13.5. The Hall–Kier alpha value is 0.528. The minimum atomic E-state index is -0.933. The van der Waals surface area contributed by atoms with Gasteiger partial charge in [0, 0.05) is 43.8 Å². The Morgan fingerprint density at radius 2 is 1.25 bits per heavy atom. The van der Waals surface area contributed by atoms with E-state index in [4.69, 9.17) is 8.85 Å². The quantitative estimate of drug-likeness (QED) is 0.406. The number of hydrogen-bond acceptors (Lipinski definition) is 2. The summed E-state index contributed by atoms with van der Waals surface area (Å²) in [7, 11) is 0.536. The van der Waals surface area contributed by atoms with Gasteiger partial charge in [-0.3, -0.25) is 0 Å². The molecular formula is C10H22O2Si4. The van der Waals surface area contributed by atoms with E-state index in [0.717, 1.165) is 22.9 Å². The average Bonchev–Trinajstić information content (AvgIpc) is 2.67. The van der Waals surface area contributed by atoms with Gasteiger partial charge < -0.3 is 8.85 Å². The SMILES string of the molecule is C[SiH]1OC([SiH3])C2C=CC3C([SiH3])O[SiH](C)C3C21. The lowest BCUT2D eigenvalue weighted by atomic mass is 9.87. The highest BCUT2D eigenvalue weighted by molar-refractivity contribution is 6.61. The second kappa shape index (κ2) is 4.03. The topological polar surface area (TPSA) is 18.5 Å². The lowest BCUT2D eigenvalue weighted by Gasteiger charge is -2.34. The number of hydrogen-bond donors (Lipinski definition) is 0. The maximum atomic E-state index is 6.23. The van der Waals surface area contributed by atoms with Gasteiger partial charge in [0.05, 0.1) is 0 Å². The molecule has 6 heteroatoms. The van der Waals surface area contributed by atoms with Crippen LogP contribution < -0.4 is 0 Å². The van der Waals surface area contributed by atoms with E-state index in [1.807, 2.05) is 0 Å². The van der Waals surface area contributed by atoms with Crippen molar-refractivity contribution in [1.29, 1.82) is 0 Å². The third kappa shape index (κ3) is 1.54. The van der Waals surface area contributed by atoms with Crippen molar-refractivity contribution >= 4 is 38.6 Å². The lowest BCUT2D eigenvalue weighted by molar-refractivity contribution is 0.269. The molecule has 3 rings (SSSR count). The van der Waals surface area contributed by atoms with E-state index < -0.39 is 18.1 Å². The minimum absolute atomic E-state index is 0.609. The van der Waals surface area contributed by atoms with Crippen LogP contribution in [0.1, 0.15) is 0 Å². The van der Waals surface area contributed by atoms with Crippen LogP contribution in [0.2, 0.25) is 24.2 Å². The van der Waals surface area contributed by atoms with Crippen molar-refractivity contribution < 1.29 is 8.85 Å². The summed E-state index contributed by atoms with van der Waals surface area (Å²) in [5.74, 6) is 1.56. The zero-order chi connectivity index (χ0) is 11.4. The van der Waals surface area contributed by atoms with Crippen LogP contribution in [0, 0.1) is 11.8 Å². The first-order chi connectivity index (χ1) is 7.59. The zero-order valence-electron chi connectivity index (χ0n) is 10.6. The molecule has 8 atom stereocenters. The summed E-state index contributed by atoms with van der Waals surface area (Å²) in [6, 6.07) is 0. The predicted octanol–water partition coefficient (Wildman–Crippen LogP) is -1.32. The van der Waals surface area contributed by atoms with Crippen molar-refractivity contribution in [3.8, 4) is 0 Å². The molecule has 2 heterocycles. The van der Waals surface area contributed by atoms with E-state index in [0.29, 0.717) is 11.5 Å². The molecule has 0 radical (unpaired) electrons. The van der Waals surface area contributed by atoms with Gasteiger partial charge in [-0.1, -0.05) is 12.2 Å². The van der Waals surface area contributed by atoms with Gasteiger partial charge >= 0.3 is 0 Å². The van der Waals surface area contributed by atoms with E-state index in [-0.39, 0.29) is 0 Å². The third-order valence-corrected chi connectivity index (χ3v) is 14.2. The molecule has 0 N–H and O–H groups in total. The van der Waals surface area contributed by atoms with Gasteiger partial charge in [0.1, 0.15) is 0 Å². The van der Waals surface area contributed by atoms with Crippen molar-refractivity contribution in [2.45, 2.75) is 35.6 Å². The van der Waals surface area contributed by atoms with Crippen LogP contribution in [-0.2, 0) is 8.85 Å². The van der Waals surface area contributed by atoms with Crippen LogP contribution in [0.4, 0.5) is 0 Å². The van der Waals surface area contributed by atoms with Crippen LogP contribution in [0.25, 0.3) is 0 Å². The van der Waals surface area contributed by atoms with Crippen molar-refractivity contribution in [3.05, 3.63) is 12.2 Å². The number of fused-ring (bicyclic) bond motifs is 3. The Bertz CT molecular complexity index is 294. The first-order valence-electron chi connectivity index (χ1n) is 6.59. The standard InChI is InChI=1S/C10H22O2Si4/c1-15-7-5(9(13)11-15)3-4-6-8(7)16(2)12-10(6)14/h3-10,15-16H,1-2,13-14H3. The van der Waals surface area contributed by atoms with Crippen LogP contribution in [0.15, 0.2) is 12.2 Å². The first kappa shape index (κ1) is 11.6. The molecular weight excluding hydrogens is 264 g/mol. The molecule has 0 amide bonds. The van der Waals surface area contributed by atoms with E-state index in [9.17, 15) is 0 Å². The van der Waals surface area contributed by atoms with Crippen molar-refractivity contribution in [1.82, 2.24) is 0 Å². The van der Waals surface area contributed by atoms with Gasteiger partial charge in [-0.15, -0.1) is 0 Å². The highest BCUT2D eigenvalue weighted by Gasteiger charge is 2.54. The molecule has 16 heavy (non-hydrogen) atoms. The van der Waals surface area contributed by atoms with Gasteiger partial charge in [0.25, 0.3) is 0 Å². The largest absolute Gasteiger partial charge is 0.421 e. The normalized spacial score (nSPS) is 60.1. The third-order valence-electron chi connectivity index (χ3n) is 4.92. The second-order valence-electron chi connectivity index (χ2n) is 5.79. The molecule has 90 valence electrons. The van der Waals surface area contributed by atoms with Gasteiger partial charge in [-0.2, -0.15) is 0 Å². The molecule has 2 nitrogen and oxygen atoms in total. The second-order valence-corrected chi connectivity index (χ2v) is 13.0. The van der Waals surface area contributed by atoms with Gasteiger partial charge in [0.15, 0.2) is 18.1 Å². The van der Waals surface area contributed by atoms with Crippen molar-refractivity contribution in [3.63, 3.8) is 0 Å². The molecule has 8 unspecified atom stereocenters. The van der Waals surface area contributed by atoms with Crippen LogP contribution in [0.3, 0.4) is 0 Å². The van der Waals surface area contributed by atoms with E-state index in [1.165, 1.54) is 20.5 Å². The molecule has 0 aromatic heterocycles. The zero-order valence-corrected chi connectivity index (χ0v) is 16.9. The van der Waals surface area contributed by atoms with Crippen LogP contribution in [-0.4, -0.2) is 50.0 Å². The molecule has 3 aliphatic rings. The summed E-state index contributed by atoms with van der Waals surface area (Å²) in [5.41, 5.74) is 3.05. The maximum Gasteiger partial charge on any atom is 0.177 e. The fourth-order valence-corrected chi connectivity index (χ4v) is 16.9. The highest BCUT2D eigenvalue weighted by atomic mass is 28.3. The number of rotatable bonds is 0. The summed E-state index contributed by atoms with van der Waals surface area (Å²) >= 11 is 0. The summed E-state index contributed by atoms with van der Waals surface area (Å²) in [6.07, 6.45) is 5.00. The van der Waals surface area contributed by atoms with Crippen molar-refractivity contribution in [2.24, 2.45) is 11.8 Å². The highest BCUT2D eigenvalue weighted by Crippen LogP contribution is 2.55. The molecule has 2 fully saturated rings. The molecule has 1 aliphatic carbocycles. The fraction of sp³-hybridized carbons (Fsp3) is 0.800. The van der Waals surface area contributed by atoms with Crippen LogP contribution in [0.5, 0.6) is 0 Å². The Labute approximate surface area is 107 Å². The smallest absolute Gasteiger partial charge is 0.177 e. The molecule has 0 saturated carbocycles. The maximum absolute atomic E-state index is 6.23. The summed E-state index contributed by atoms with van der Waals surface area (Å²) in [4.78, 5) is 0. The Kier molecular flexibility index (Phi) is 2.92. The lowest BCUT2D eigenvalue weighted by Crippen LogP contribution is -2.32. The minimum Gasteiger partial charge on any atom is -0.421 e.